The fraction of sp³-hybridized carbons (Fsp3) is 0.476. The molecule has 29 heavy (non-hydrogen) atoms. The average molecular weight is 417 g/mol. The first-order valence-electron chi connectivity index (χ1n) is 9.76. The lowest BCUT2D eigenvalue weighted by Gasteiger charge is -2.35. The Morgan fingerprint density at radius 2 is 1.83 bits per heavy atom. The first kappa shape index (κ1) is 21.3. The van der Waals surface area contributed by atoms with Crippen LogP contribution in [0.2, 0.25) is 0 Å². The number of amides is 2. The molecule has 7 nitrogen and oxygen atoms in total. The van der Waals surface area contributed by atoms with E-state index in [0.717, 1.165) is 23.8 Å². The summed E-state index contributed by atoms with van der Waals surface area (Å²) in [4.78, 5) is 35.9. The molecule has 0 spiro atoms. The monoisotopic (exact) mass is 416 g/mol. The van der Waals surface area contributed by atoms with E-state index < -0.39 is 6.10 Å². The molecule has 2 aromatic rings. The topological polar surface area (TPSA) is 66.0 Å². The van der Waals surface area contributed by atoms with Gasteiger partial charge in [-0.05, 0) is 26.0 Å². The van der Waals surface area contributed by atoms with Gasteiger partial charge in [-0.3, -0.25) is 14.5 Å². The van der Waals surface area contributed by atoms with Gasteiger partial charge in [0.05, 0.1) is 12.2 Å². The van der Waals surface area contributed by atoms with Gasteiger partial charge in [0.25, 0.3) is 11.8 Å². The second-order valence-corrected chi connectivity index (χ2v) is 8.48. The van der Waals surface area contributed by atoms with Crippen LogP contribution in [0.25, 0.3) is 0 Å². The number of carbonyl (C=O) groups excluding carboxylic acids is 2. The second kappa shape index (κ2) is 9.37. The van der Waals surface area contributed by atoms with Gasteiger partial charge in [0.1, 0.15) is 15.6 Å². The van der Waals surface area contributed by atoms with Crippen molar-refractivity contribution in [2.45, 2.75) is 26.5 Å². The van der Waals surface area contributed by atoms with Crippen LogP contribution in [0, 0.1) is 6.92 Å². The zero-order chi connectivity index (χ0) is 21.0. The van der Waals surface area contributed by atoms with Crippen LogP contribution in [0.3, 0.4) is 0 Å². The van der Waals surface area contributed by atoms with Crippen molar-refractivity contribution in [2.24, 2.45) is 0 Å². The van der Waals surface area contributed by atoms with Crippen molar-refractivity contribution in [3.05, 3.63) is 45.9 Å². The molecule has 0 radical (unpaired) electrons. The van der Waals surface area contributed by atoms with Crippen molar-refractivity contribution in [3.8, 4) is 5.75 Å². The zero-order valence-electron chi connectivity index (χ0n) is 17.4. The lowest BCUT2D eigenvalue weighted by atomic mass is 10.2. The highest BCUT2D eigenvalue weighted by Gasteiger charge is 2.27. The maximum Gasteiger partial charge on any atom is 0.265 e. The minimum Gasteiger partial charge on any atom is -0.481 e. The van der Waals surface area contributed by atoms with Crippen LogP contribution in [0.4, 0.5) is 0 Å². The third kappa shape index (κ3) is 5.33. The van der Waals surface area contributed by atoms with E-state index >= 15 is 0 Å². The number of nitrogens with zero attached hydrogens (tertiary/aromatic N) is 4. The van der Waals surface area contributed by atoms with Gasteiger partial charge in [0.15, 0.2) is 6.10 Å². The molecule has 1 aromatic heterocycles. The summed E-state index contributed by atoms with van der Waals surface area (Å²) in [6, 6.07) is 9.41. The lowest BCUT2D eigenvalue weighted by Crippen LogP contribution is -2.51. The van der Waals surface area contributed by atoms with Gasteiger partial charge in [0.2, 0.25) is 0 Å². The average Bonchev–Trinajstić information content (AvgIpc) is 3.08. The Bertz CT molecular complexity index is 845. The number of hydrogen-bond donors (Lipinski definition) is 0. The van der Waals surface area contributed by atoms with E-state index in [1.165, 1.54) is 11.3 Å². The summed E-state index contributed by atoms with van der Waals surface area (Å²) in [5.41, 5.74) is 0.782. The van der Waals surface area contributed by atoms with E-state index in [2.05, 4.69) is 9.88 Å². The largest absolute Gasteiger partial charge is 0.481 e. The summed E-state index contributed by atoms with van der Waals surface area (Å²) in [5.74, 6) is 0.709. The SMILES string of the molecule is Cc1nc(CN2CCN(C(=O)C(C)Oc3ccccc3)CC2)sc1C(=O)N(C)C. The first-order chi connectivity index (χ1) is 13.8. The first-order valence-corrected chi connectivity index (χ1v) is 10.6. The van der Waals surface area contributed by atoms with Gasteiger partial charge in [-0.2, -0.15) is 0 Å². The van der Waals surface area contributed by atoms with Crippen molar-refractivity contribution in [1.82, 2.24) is 19.7 Å². The van der Waals surface area contributed by atoms with Crippen LogP contribution in [0.5, 0.6) is 5.75 Å². The Morgan fingerprint density at radius 3 is 2.45 bits per heavy atom. The molecule has 3 rings (SSSR count). The molecule has 1 saturated heterocycles. The van der Waals surface area contributed by atoms with Crippen LogP contribution >= 0.6 is 11.3 Å². The summed E-state index contributed by atoms with van der Waals surface area (Å²) in [6.45, 7) is 7.25. The second-order valence-electron chi connectivity index (χ2n) is 7.40. The van der Waals surface area contributed by atoms with Crippen LogP contribution in [0.15, 0.2) is 30.3 Å². The molecule has 0 N–H and O–H groups in total. The third-order valence-corrected chi connectivity index (χ3v) is 6.02. The predicted octanol–water partition coefficient (Wildman–Crippen LogP) is 2.27. The molecule has 1 fully saturated rings. The van der Waals surface area contributed by atoms with Crippen molar-refractivity contribution >= 4 is 23.2 Å². The maximum absolute atomic E-state index is 12.7. The number of carbonyl (C=O) groups is 2. The van der Waals surface area contributed by atoms with E-state index in [0.29, 0.717) is 30.3 Å². The smallest absolute Gasteiger partial charge is 0.265 e. The summed E-state index contributed by atoms with van der Waals surface area (Å²) in [5, 5.41) is 0.938. The Hall–Kier alpha value is -2.45. The zero-order valence-corrected chi connectivity index (χ0v) is 18.2. The number of aryl methyl sites for hydroxylation is 1. The highest BCUT2D eigenvalue weighted by Crippen LogP contribution is 2.21. The Kier molecular flexibility index (Phi) is 6.87. The van der Waals surface area contributed by atoms with Crippen LogP contribution < -0.4 is 4.74 Å². The Balaban J connectivity index is 1.51. The number of rotatable bonds is 6. The van der Waals surface area contributed by atoms with Gasteiger partial charge in [-0.1, -0.05) is 18.2 Å². The standard InChI is InChI=1S/C21H28N4O3S/c1-15-19(21(27)23(3)4)29-18(22-15)14-24-10-12-25(13-11-24)20(26)16(2)28-17-8-6-5-7-9-17/h5-9,16H,10-14H2,1-4H3. The highest BCUT2D eigenvalue weighted by atomic mass is 32.1. The summed E-state index contributed by atoms with van der Waals surface area (Å²) in [7, 11) is 3.50. The number of thiazole rings is 1. The van der Waals surface area contributed by atoms with E-state index in [1.807, 2.05) is 42.2 Å². The van der Waals surface area contributed by atoms with Crippen molar-refractivity contribution in [1.29, 1.82) is 0 Å². The lowest BCUT2D eigenvalue weighted by molar-refractivity contribution is -0.139. The Labute approximate surface area is 175 Å². The number of benzene rings is 1. The number of para-hydroxylation sites is 1. The van der Waals surface area contributed by atoms with Crippen LogP contribution in [0.1, 0.15) is 27.3 Å². The molecule has 2 heterocycles. The summed E-state index contributed by atoms with van der Waals surface area (Å²) < 4.78 is 5.76. The maximum atomic E-state index is 12.7. The molecule has 0 saturated carbocycles. The minimum absolute atomic E-state index is 0.00549. The predicted molar refractivity (Wildman–Crippen MR) is 113 cm³/mol. The molecule has 1 aliphatic heterocycles. The molecular weight excluding hydrogens is 388 g/mol. The molecule has 1 unspecified atom stereocenters. The molecule has 0 aliphatic carbocycles. The quantitative estimate of drug-likeness (QED) is 0.723. The molecule has 1 atom stereocenters. The summed E-state index contributed by atoms with van der Waals surface area (Å²) in [6.07, 6.45) is -0.509. The molecule has 1 aromatic carbocycles. The van der Waals surface area contributed by atoms with Gasteiger partial charge in [0, 0.05) is 40.3 Å². The van der Waals surface area contributed by atoms with Gasteiger partial charge < -0.3 is 14.5 Å². The van der Waals surface area contributed by atoms with Gasteiger partial charge >= 0.3 is 0 Å². The fourth-order valence-electron chi connectivity index (χ4n) is 3.25. The number of aromatic nitrogens is 1. The molecular formula is C21H28N4O3S. The number of ether oxygens (including phenoxy) is 1. The number of hydrogen-bond acceptors (Lipinski definition) is 6. The van der Waals surface area contributed by atoms with Gasteiger partial charge in [-0.25, -0.2) is 4.98 Å². The van der Waals surface area contributed by atoms with E-state index in [-0.39, 0.29) is 11.8 Å². The minimum atomic E-state index is -0.509. The van der Waals surface area contributed by atoms with E-state index in [9.17, 15) is 9.59 Å². The normalized spacial score (nSPS) is 15.8. The van der Waals surface area contributed by atoms with Crippen molar-refractivity contribution in [2.75, 3.05) is 40.3 Å². The van der Waals surface area contributed by atoms with E-state index in [4.69, 9.17) is 4.74 Å². The molecule has 8 heteroatoms. The molecule has 1 aliphatic rings. The third-order valence-electron chi connectivity index (χ3n) is 4.89. The van der Waals surface area contributed by atoms with Crippen LogP contribution in [-0.4, -0.2) is 77.9 Å². The van der Waals surface area contributed by atoms with E-state index in [1.54, 1.807) is 25.9 Å². The van der Waals surface area contributed by atoms with Crippen molar-refractivity contribution < 1.29 is 14.3 Å². The molecule has 2 amide bonds. The van der Waals surface area contributed by atoms with Crippen LogP contribution in [-0.2, 0) is 11.3 Å². The molecule has 156 valence electrons. The number of piperazine rings is 1. The fourth-order valence-corrected chi connectivity index (χ4v) is 4.38. The van der Waals surface area contributed by atoms with Crippen molar-refractivity contribution in [3.63, 3.8) is 0 Å². The summed E-state index contributed by atoms with van der Waals surface area (Å²) >= 11 is 1.46. The van der Waals surface area contributed by atoms with Gasteiger partial charge in [-0.15, -0.1) is 11.3 Å². The Morgan fingerprint density at radius 1 is 1.17 bits per heavy atom. The highest BCUT2D eigenvalue weighted by molar-refractivity contribution is 7.13. The molecule has 0 bridgehead atoms.